The fraction of sp³-hybridized carbons (Fsp3) is 0.238. The highest BCUT2D eigenvalue weighted by Gasteiger charge is 2.20. The highest BCUT2D eigenvalue weighted by molar-refractivity contribution is 6.31. The van der Waals surface area contributed by atoms with E-state index in [4.69, 9.17) is 16.6 Å². The van der Waals surface area contributed by atoms with E-state index >= 15 is 0 Å². The second-order valence-corrected chi connectivity index (χ2v) is 6.94. The molecule has 0 bridgehead atoms. The van der Waals surface area contributed by atoms with Gasteiger partial charge < -0.3 is 9.55 Å². The van der Waals surface area contributed by atoms with Crippen molar-refractivity contribution in [3.05, 3.63) is 70.9 Å². The summed E-state index contributed by atoms with van der Waals surface area (Å²) in [6.45, 7) is 2.71. The minimum atomic E-state index is -0.244. The molecule has 0 aliphatic carbocycles. The first-order valence-corrected chi connectivity index (χ1v) is 9.48. The van der Waals surface area contributed by atoms with Crippen molar-refractivity contribution >= 4 is 22.6 Å². The van der Waals surface area contributed by atoms with Crippen LogP contribution in [0.3, 0.4) is 0 Å². The number of benzene rings is 2. The van der Waals surface area contributed by atoms with Gasteiger partial charge in [-0.05, 0) is 36.2 Å². The Morgan fingerprint density at radius 1 is 1.07 bits per heavy atom. The Balaban J connectivity index is 1.81. The minimum Gasteiger partial charge on any atom is -0.337 e. The summed E-state index contributed by atoms with van der Waals surface area (Å²) in [6, 6.07) is 14.4. The summed E-state index contributed by atoms with van der Waals surface area (Å²) < 4.78 is 15.4. The Bertz CT molecular complexity index is 1030. The van der Waals surface area contributed by atoms with Gasteiger partial charge in [0.15, 0.2) is 11.0 Å². The molecule has 0 radical (unpaired) electrons. The number of aromatic amines is 1. The van der Waals surface area contributed by atoms with Crippen LogP contribution < -0.4 is 0 Å². The largest absolute Gasteiger partial charge is 0.337 e. The molecule has 2 aromatic carbocycles. The second-order valence-electron chi connectivity index (χ2n) is 6.59. The molecule has 0 fully saturated rings. The van der Waals surface area contributed by atoms with Crippen LogP contribution >= 0.6 is 11.6 Å². The normalized spacial score (nSPS) is 11.4. The quantitative estimate of drug-likeness (QED) is 0.471. The first kappa shape index (κ1) is 17.7. The molecule has 4 rings (SSSR count). The molecule has 0 aliphatic rings. The molecule has 2 heterocycles. The van der Waals surface area contributed by atoms with Gasteiger partial charge in [0.2, 0.25) is 0 Å². The fourth-order valence-corrected chi connectivity index (χ4v) is 3.52. The minimum absolute atomic E-state index is 0.244. The van der Waals surface area contributed by atoms with Crippen LogP contribution in [0.5, 0.6) is 0 Å². The number of aromatic nitrogens is 4. The van der Waals surface area contributed by atoms with E-state index < -0.39 is 0 Å². The summed E-state index contributed by atoms with van der Waals surface area (Å²) >= 11 is 6.53. The van der Waals surface area contributed by atoms with E-state index in [1.807, 2.05) is 24.3 Å². The Morgan fingerprint density at radius 2 is 1.85 bits per heavy atom. The molecule has 6 heteroatoms. The van der Waals surface area contributed by atoms with Crippen molar-refractivity contribution in [3.63, 3.8) is 0 Å². The number of nitrogens with one attached hydrogen (secondary N) is 1. The van der Waals surface area contributed by atoms with E-state index in [1.165, 1.54) is 12.1 Å². The third-order valence-corrected chi connectivity index (χ3v) is 4.89. The van der Waals surface area contributed by atoms with Crippen LogP contribution in [-0.4, -0.2) is 19.5 Å². The third kappa shape index (κ3) is 3.60. The van der Waals surface area contributed by atoms with Gasteiger partial charge in [-0.2, -0.15) is 0 Å². The summed E-state index contributed by atoms with van der Waals surface area (Å²) in [5.74, 6) is 1.37. The van der Waals surface area contributed by atoms with Crippen molar-refractivity contribution in [3.8, 4) is 11.5 Å². The molecule has 0 spiro atoms. The molecular weight excluding hydrogens is 363 g/mol. The topological polar surface area (TPSA) is 46.5 Å². The van der Waals surface area contributed by atoms with E-state index in [1.54, 1.807) is 12.1 Å². The molecular formula is C21H20ClFN4. The summed E-state index contributed by atoms with van der Waals surface area (Å²) in [7, 11) is 0. The van der Waals surface area contributed by atoms with Crippen molar-refractivity contribution < 1.29 is 4.39 Å². The maximum atomic E-state index is 13.3. The van der Waals surface area contributed by atoms with E-state index in [0.717, 1.165) is 47.4 Å². The van der Waals surface area contributed by atoms with Crippen molar-refractivity contribution in [2.45, 2.75) is 32.7 Å². The highest BCUT2D eigenvalue weighted by Crippen LogP contribution is 2.30. The first-order chi connectivity index (χ1) is 13.2. The lowest BCUT2D eigenvalue weighted by molar-refractivity contribution is 0.625. The van der Waals surface area contributed by atoms with E-state index in [2.05, 4.69) is 21.5 Å². The monoisotopic (exact) mass is 382 g/mol. The van der Waals surface area contributed by atoms with Crippen LogP contribution in [0.1, 0.15) is 31.2 Å². The predicted octanol–water partition coefficient (Wildman–Crippen LogP) is 5.61. The van der Waals surface area contributed by atoms with Gasteiger partial charge in [-0.1, -0.05) is 49.2 Å². The number of aryl methyl sites for hydroxylation is 1. The molecule has 0 atom stereocenters. The second kappa shape index (κ2) is 7.53. The van der Waals surface area contributed by atoms with Crippen LogP contribution in [0.15, 0.2) is 48.5 Å². The predicted molar refractivity (Wildman–Crippen MR) is 106 cm³/mol. The molecule has 4 nitrogen and oxygen atoms in total. The van der Waals surface area contributed by atoms with Gasteiger partial charge in [0, 0.05) is 13.0 Å². The number of fused-ring (bicyclic) bond motifs is 1. The van der Waals surface area contributed by atoms with Crippen molar-refractivity contribution in [1.29, 1.82) is 0 Å². The summed E-state index contributed by atoms with van der Waals surface area (Å²) in [5, 5.41) is 0.433. The first-order valence-electron chi connectivity index (χ1n) is 9.10. The maximum Gasteiger partial charge on any atom is 0.158 e. The maximum absolute atomic E-state index is 13.3. The smallest absolute Gasteiger partial charge is 0.158 e. The summed E-state index contributed by atoms with van der Waals surface area (Å²) in [5.41, 5.74) is 3.59. The average molecular weight is 383 g/mol. The number of rotatable bonds is 6. The van der Waals surface area contributed by atoms with Crippen LogP contribution in [-0.2, 0) is 13.0 Å². The van der Waals surface area contributed by atoms with Crippen molar-refractivity contribution in [1.82, 2.24) is 19.5 Å². The standard InChI is InChI=1S/C21H20ClFN4/c1-2-3-8-18-26-20(22)19(21-24-16-6-4-5-7-17(16)25-21)27(18)13-14-9-11-15(23)12-10-14/h4-7,9-12H,2-3,8,13H2,1H3,(H,24,25). The van der Waals surface area contributed by atoms with Crippen molar-refractivity contribution in [2.75, 3.05) is 0 Å². The average Bonchev–Trinajstić information content (AvgIpc) is 3.22. The Kier molecular flexibility index (Phi) is 4.94. The number of halogens is 2. The van der Waals surface area contributed by atoms with Gasteiger partial charge in [0.05, 0.1) is 11.0 Å². The number of unbranched alkanes of at least 4 members (excludes halogenated alkanes) is 1. The molecule has 0 unspecified atom stereocenters. The number of imidazole rings is 2. The number of H-pyrrole nitrogens is 1. The number of para-hydroxylation sites is 2. The van der Waals surface area contributed by atoms with Crippen molar-refractivity contribution in [2.24, 2.45) is 0 Å². The summed E-state index contributed by atoms with van der Waals surface area (Å²) in [6.07, 6.45) is 2.93. The van der Waals surface area contributed by atoms with E-state index in [-0.39, 0.29) is 5.82 Å². The van der Waals surface area contributed by atoms with Gasteiger partial charge in [0.25, 0.3) is 0 Å². The van der Waals surface area contributed by atoms with Gasteiger partial charge in [-0.15, -0.1) is 0 Å². The van der Waals surface area contributed by atoms with Crippen LogP contribution in [0, 0.1) is 5.82 Å². The molecule has 1 N–H and O–H groups in total. The third-order valence-electron chi connectivity index (χ3n) is 4.63. The molecule has 0 amide bonds. The van der Waals surface area contributed by atoms with Crippen LogP contribution in [0.25, 0.3) is 22.6 Å². The van der Waals surface area contributed by atoms with Gasteiger partial charge in [-0.25, -0.2) is 14.4 Å². The molecule has 0 aliphatic heterocycles. The Hall–Kier alpha value is -2.66. The highest BCUT2D eigenvalue weighted by atomic mass is 35.5. The lowest BCUT2D eigenvalue weighted by atomic mass is 10.2. The lowest BCUT2D eigenvalue weighted by Crippen LogP contribution is -2.07. The van der Waals surface area contributed by atoms with Gasteiger partial charge in [-0.3, -0.25) is 0 Å². The SMILES string of the molecule is CCCCc1nc(Cl)c(-c2nc3ccccc3[nH]2)n1Cc1ccc(F)cc1. The van der Waals surface area contributed by atoms with Gasteiger partial charge in [0.1, 0.15) is 17.3 Å². The molecule has 27 heavy (non-hydrogen) atoms. The van der Waals surface area contributed by atoms with E-state index in [9.17, 15) is 4.39 Å². The molecule has 2 aromatic heterocycles. The zero-order chi connectivity index (χ0) is 18.8. The Morgan fingerprint density at radius 3 is 2.59 bits per heavy atom. The molecule has 4 aromatic rings. The molecule has 0 saturated heterocycles. The zero-order valence-electron chi connectivity index (χ0n) is 15.0. The zero-order valence-corrected chi connectivity index (χ0v) is 15.8. The Labute approximate surface area is 162 Å². The number of hydrogen-bond acceptors (Lipinski definition) is 2. The number of nitrogens with zero attached hydrogens (tertiary/aromatic N) is 3. The lowest BCUT2D eigenvalue weighted by Gasteiger charge is -2.11. The van der Waals surface area contributed by atoms with Crippen LogP contribution in [0.2, 0.25) is 5.15 Å². The van der Waals surface area contributed by atoms with E-state index in [0.29, 0.717) is 17.5 Å². The molecule has 0 saturated carbocycles. The van der Waals surface area contributed by atoms with Crippen LogP contribution in [0.4, 0.5) is 4.39 Å². The fourth-order valence-electron chi connectivity index (χ4n) is 3.23. The van der Waals surface area contributed by atoms with Gasteiger partial charge >= 0.3 is 0 Å². The molecule has 138 valence electrons. The summed E-state index contributed by atoms with van der Waals surface area (Å²) in [4.78, 5) is 12.6. The number of hydrogen-bond donors (Lipinski definition) is 1.